The van der Waals surface area contributed by atoms with Crippen molar-refractivity contribution in [3.8, 4) is 0 Å². The summed E-state index contributed by atoms with van der Waals surface area (Å²) in [4.78, 5) is 0.166. The van der Waals surface area contributed by atoms with Crippen LogP contribution < -0.4 is 5.32 Å². The van der Waals surface area contributed by atoms with E-state index in [4.69, 9.17) is 0 Å². The Kier molecular flexibility index (Phi) is 4.99. The maximum atomic E-state index is 12.9. The Hall–Kier alpha value is -1.70. The van der Waals surface area contributed by atoms with E-state index < -0.39 is 31.0 Å². The van der Waals surface area contributed by atoms with Crippen molar-refractivity contribution in [2.45, 2.75) is 29.7 Å². The Bertz CT molecular complexity index is 954. The predicted molar refractivity (Wildman–Crippen MR) is 97.9 cm³/mol. The lowest BCUT2D eigenvalue weighted by atomic mass is 10.1. The predicted octanol–water partition coefficient (Wildman–Crippen LogP) is 1.72. The zero-order valence-corrected chi connectivity index (χ0v) is 15.6. The minimum absolute atomic E-state index is 0.157. The van der Waals surface area contributed by atoms with Gasteiger partial charge in [-0.15, -0.1) is 0 Å². The van der Waals surface area contributed by atoms with Gasteiger partial charge in [0.25, 0.3) is 0 Å². The van der Waals surface area contributed by atoms with E-state index in [0.29, 0.717) is 6.54 Å². The third-order valence-electron chi connectivity index (χ3n) is 4.42. The van der Waals surface area contributed by atoms with Gasteiger partial charge in [-0.1, -0.05) is 48.0 Å². The molecule has 0 aliphatic carbocycles. The fourth-order valence-electron chi connectivity index (χ4n) is 3.17. The monoisotopic (exact) mass is 379 g/mol. The Morgan fingerprint density at radius 3 is 2.44 bits per heavy atom. The lowest BCUT2D eigenvalue weighted by Gasteiger charge is -2.20. The molecule has 2 unspecified atom stereocenters. The topological polar surface area (TPSA) is 80.3 Å². The van der Waals surface area contributed by atoms with Crippen LogP contribution in [-0.4, -0.2) is 39.6 Å². The third-order valence-corrected chi connectivity index (χ3v) is 8.59. The highest BCUT2D eigenvalue weighted by Crippen LogP contribution is 2.26. The zero-order chi connectivity index (χ0) is 18.1. The first-order valence-corrected chi connectivity index (χ1v) is 11.4. The molecule has 3 rings (SSSR count). The van der Waals surface area contributed by atoms with E-state index in [9.17, 15) is 16.8 Å². The molecule has 2 aromatic rings. The van der Waals surface area contributed by atoms with Gasteiger partial charge in [0.1, 0.15) is 0 Å². The molecule has 134 valence electrons. The van der Waals surface area contributed by atoms with Gasteiger partial charge in [-0.05, 0) is 24.6 Å². The van der Waals surface area contributed by atoms with Crippen molar-refractivity contribution in [2.24, 2.45) is 0 Å². The summed E-state index contributed by atoms with van der Waals surface area (Å²) in [5.41, 5.74) is 2.10. The lowest BCUT2D eigenvalue weighted by molar-refractivity contribution is 0.526. The molecule has 0 radical (unpaired) electrons. The van der Waals surface area contributed by atoms with Crippen molar-refractivity contribution in [2.75, 3.05) is 11.5 Å². The minimum atomic E-state index is -3.71. The molecule has 0 amide bonds. The molecule has 1 aliphatic heterocycles. The number of nitrogens with one attached hydrogen (secondary N) is 1. The first kappa shape index (κ1) is 18.1. The van der Waals surface area contributed by atoms with E-state index in [1.807, 2.05) is 31.2 Å². The highest BCUT2D eigenvalue weighted by atomic mass is 32.2. The molecule has 1 saturated heterocycles. The number of hydrogen-bond donors (Lipinski definition) is 1. The normalized spacial score (nSPS) is 22.8. The van der Waals surface area contributed by atoms with Crippen LogP contribution in [0.4, 0.5) is 0 Å². The molecule has 5 nitrogen and oxygen atoms in total. The summed E-state index contributed by atoms with van der Waals surface area (Å²) in [6, 6.07) is 15.3. The molecule has 0 bridgehead atoms. The average Bonchev–Trinajstić information content (AvgIpc) is 2.89. The Labute approximate surface area is 148 Å². The van der Waals surface area contributed by atoms with Gasteiger partial charge in [-0.3, -0.25) is 0 Å². The van der Waals surface area contributed by atoms with Gasteiger partial charge >= 0.3 is 0 Å². The summed E-state index contributed by atoms with van der Waals surface area (Å²) in [6.07, 6.45) is 0. The standard InChI is InChI=1S/C18H21NO4S2/c1-14-6-5-7-15(10-14)11-19-17-12-24(20,21)13-18(17)25(22,23)16-8-3-2-4-9-16/h2-10,17-19H,11-13H2,1H3. The van der Waals surface area contributed by atoms with E-state index in [2.05, 4.69) is 5.32 Å². The smallest absolute Gasteiger partial charge is 0.183 e. The number of rotatable bonds is 5. The molecule has 7 heteroatoms. The average molecular weight is 380 g/mol. The fraction of sp³-hybridized carbons (Fsp3) is 0.333. The first-order valence-electron chi connectivity index (χ1n) is 8.06. The van der Waals surface area contributed by atoms with Gasteiger partial charge in [0, 0.05) is 12.6 Å². The van der Waals surface area contributed by atoms with Crippen molar-refractivity contribution in [3.63, 3.8) is 0 Å². The molecular weight excluding hydrogens is 358 g/mol. The largest absolute Gasteiger partial charge is 0.308 e. The number of benzene rings is 2. The van der Waals surface area contributed by atoms with Crippen molar-refractivity contribution in [1.82, 2.24) is 5.32 Å². The second-order valence-electron chi connectivity index (χ2n) is 6.45. The summed E-state index contributed by atoms with van der Waals surface area (Å²) in [6.45, 7) is 2.41. The second-order valence-corrected chi connectivity index (χ2v) is 10.8. The van der Waals surface area contributed by atoms with Crippen molar-refractivity contribution in [3.05, 3.63) is 65.7 Å². The van der Waals surface area contributed by atoms with Crippen LogP contribution in [-0.2, 0) is 26.2 Å². The summed E-state index contributed by atoms with van der Waals surface area (Å²) < 4.78 is 50.0. The molecule has 1 N–H and O–H groups in total. The van der Waals surface area contributed by atoms with Crippen LogP contribution in [0.5, 0.6) is 0 Å². The van der Waals surface area contributed by atoms with Crippen molar-refractivity contribution < 1.29 is 16.8 Å². The molecular formula is C18H21NO4S2. The zero-order valence-electron chi connectivity index (χ0n) is 13.9. The van der Waals surface area contributed by atoms with Gasteiger partial charge in [0.2, 0.25) is 0 Å². The van der Waals surface area contributed by atoms with Gasteiger partial charge < -0.3 is 5.32 Å². The van der Waals surface area contributed by atoms with E-state index in [1.165, 1.54) is 12.1 Å². The van der Waals surface area contributed by atoms with Crippen LogP contribution in [0.3, 0.4) is 0 Å². The molecule has 0 spiro atoms. The van der Waals surface area contributed by atoms with Crippen molar-refractivity contribution in [1.29, 1.82) is 0 Å². The summed E-state index contributed by atoms with van der Waals surface area (Å²) in [5, 5.41) is 2.18. The van der Waals surface area contributed by atoms with Gasteiger partial charge in [-0.25, -0.2) is 16.8 Å². The second kappa shape index (κ2) is 6.90. The van der Waals surface area contributed by atoms with E-state index >= 15 is 0 Å². The summed E-state index contributed by atoms with van der Waals surface area (Å²) in [7, 11) is -7.10. The number of sulfone groups is 2. The Morgan fingerprint density at radius 2 is 1.76 bits per heavy atom. The highest BCUT2D eigenvalue weighted by Gasteiger charge is 2.45. The quantitative estimate of drug-likeness (QED) is 0.856. The summed E-state index contributed by atoms with van der Waals surface area (Å²) >= 11 is 0. The molecule has 25 heavy (non-hydrogen) atoms. The van der Waals surface area contributed by atoms with Crippen LogP contribution in [0.1, 0.15) is 11.1 Å². The molecule has 1 aliphatic rings. The van der Waals surface area contributed by atoms with Gasteiger partial charge in [-0.2, -0.15) is 0 Å². The van der Waals surface area contributed by atoms with E-state index in [0.717, 1.165) is 11.1 Å². The van der Waals surface area contributed by atoms with Crippen LogP contribution in [0.25, 0.3) is 0 Å². The first-order chi connectivity index (χ1) is 11.8. The molecule has 2 atom stereocenters. The molecule has 0 aromatic heterocycles. The molecule has 1 heterocycles. The van der Waals surface area contributed by atoms with Crippen molar-refractivity contribution >= 4 is 19.7 Å². The molecule has 0 saturated carbocycles. The SMILES string of the molecule is Cc1cccc(CNC2CS(=O)(=O)CC2S(=O)(=O)c2ccccc2)c1. The summed E-state index contributed by atoms with van der Waals surface area (Å²) in [5.74, 6) is -0.495. The minimum Gasteiger partial charge on any atom is -0.308 e. The lowest BCUT2D eigenvalue weighted by Crippen LogP contribution is -2.43. The molecule has 1 fully saturated rings. The van der Waals surface area contributed by atoms with E-state index in [1.54, 1.807) is 18.2 Å². The van der Waals surface area contributed by atoms with E-state index in [-0.39, 0.29) is 16.4 Å². The van der Waals surface area contributed by atoms with Crippen LogP contribution in [0, 0.1) is 6.92 Å². The highest BCUT2D eigenvalue weighted by molar-refractivity contribution is 7.96. The third kappa shape index (κ3) is 4.11. The van der Waals surface area contributed by atoms with Crippen LogP contribution in [0.15, 0.2) is 59.5 Å². The van der Waals surface area contributed by atoms with Gasteiger partial charge in [0.15, 0.2) is 19.7 Å². The maximum Gasteiger partial charge on any atom is 0.183 e. The Balaban J connectivity index is 1.84. The maximum absolute atomic E-state index is 12.9. The number of hydrogen-bond acceptors (Lipinski definition) is 5. The number of aryl methyl sites for hydroxylation is 1. The van der Waals surface area contributed by atoms with Crippen LogP contribution in [0.2, 0.25) is 0 Å². The fourth-order valence-corrected chi connectivity index (χ4v) is 7.91. The molecule has 2 aromatic carbocycles. The van der Waals surface area contributed by atoms with Gasteiger partial charge in [0.05, 0.1) is 21.7 Å². The Morgan fingerprint density at radius 1 is 1.04 bits per heavy atom. The van der Waals surface area contributed by atoms with Crippen LogP contribution >= 0.6 is 0 Å².